The van der Waals surface area contributed by atoms with Crippen molar-refractivity contribution < 1.29 is 14.1 Å². The molecule has 4 aromatic rings. The number of nitrogens with zero attached hydrogens (tertiary/aromatic N) is 3. The zero-order valence-electron chi connectivity index (χ0n) is 17.5. The van der Waals surface area contributed by atoms with Crippen molar-refractivity contribution in [3.63, 3.8) is 0 Å². The van der Waals surface area contributed by atoms with Crippen LogP contribution in [0.25, 0.3) is 22.4 Å². The van der Waals surface area contributed by atoms with Crippen LogP contribution in [-0.2, 0) is 0 Å². The predicted octanol–water partition coefficient (Wildman–Crippen LogP) is 4.64. The fourth-order valence-corrected chi connectivity index (χ4v) is 4.35. The maximum atomic E-state index is 13.3. The molecule has 9 heteroatoms. The number of rotatable bonds is 4. The number of hydrogen-bond donors (Lipinski definition) is 2. The third kappa shape index (κ3) is 3.87. The Morgan fingerprint density at radius 1 is 1.16 bits per heavy atom. The Balaban J connectivity index is 1.76. The molecule has 158 valence electrons. The van der Waals surface area contributed by atoms with Crippen molar-refractivity contribution >= 4 is 45.7 Å². The molecule has 0 saturated carbocycles. The molecule has 3 amide bonds. The standard InChI is InChI=1S/C22H21N5O3S/c1-11-8-16(13(3)31-11)18-10-17(19-12(2)26-30-21(19)25-18)20(28)24-14-6-5-7-15(9-14)27(4)22(23)29/h5-10H,1-4H3,(H2,23,29)(H,24,28). The van der Waals surface area contributed by atoms with Crippen LogP contribution in [0.1, 0.15) is 25.8 Å². The van der Waals surface area contributed by atoms with Crippen molar-refractivity contribution in [2.45, 2.75) is 20.8 Å². The molecule has 0 aliphatic heterocycles. The number of aryl methyl sites for hydroxylation is 3. The number of nitrogens with two attached hydrogens (primary N) is 1. The summed E-state index contributed by atoms with van der Waals surface area (Å²) in [5, 5.41) is 7.45. The molecule has 0 aliphatic rings. The zero-order chi connectivity index (χ0) is 22.3. The molecule has 3 N–H and O–H groups in total. The van der Waals surface area contributed by atoms with E-state index in [1.807, 2.05) is 19.9 Å². The number of carbonyl (C=O) groups is 2. The Kier molecular flexibility index (Phi) is 5.20. The lowest BCUT2D eigenvalue weighted by Crippen LogP contribution is -2.31. The molecule has 8 nitrogen and oxygen atoms in total. The van der Waals surface area contributed by atoms with Crippen LogP contribution in [-0.4, -0.2) is 29.1 Å². The van der Waals surface area contributed by atoms with Gasteiger partial charge in [-0.1, -0.05) is 11.2 Å². The minimum absolute atomic E-state index is 0.311. The van der Waals surface area contributed by atoms with E-state index in [1.54, 1.807) is 55.6 Å². The monoisotopic (exact) mass is 435 g/mol. The number of anilines is 2. The van der Waals surface area contributed by atoms with E-state index in [4.69, 9.17) is 10.3 Å². The lowest BCUT2D eigenvalue weighted by atomic mass is 10.1. The molecule has 0 aliphatic carbocycles. The van der Waals surface area contributed by atoms with Crippen LogP contribution < -0.4 is 16.0 Å². The molecule has 0 atom stereocenters. The minimum atomic E-state index is -0.592. The summed E-state index contributed by atoms with van der Waals surface area (Å²) < 4.78 is 5.38. The summed E-state index contributed by atoms with van der Waals surface area (Å²) in [5.41, 5.74) is 9.35. The number of urea groups is 1. The quantitative estimate of drug-likeness (QED) is 0.484. The maximum absolute atomic E-state index is 13.3. The average molecular weight is 436 g/mol. The second-order valence-corrected chi connectivity index (χ2v) is 8.69. The Labute approximate surface area is 182 Å². The fraction of sp³-hybridized carbons (Fsp3) is 0.182. The smallest absolute Gasteiger partial charge is 0.318 e. The Morgan fingerprint density at radius 2 is 1.94 bits per heavy atom. The summed E-state index contributed by atoms with van der Waals surface area (Å²) in [5.74, 6) is -0.330. The molecule has 0 spiro atoms. The van der Waals surface area contributed by atoms with Gasteiger partial charge in [0.05, 0.1) is 22.3 Å². The average Bonchev–Trinajstić information content (AvgIpc) is 3.28. The Bertz CT molecular complexity index is 1320. The first-order valence-electron chi connectivity index (χ1n) is 9.53. The molecular formula is C22H21N5O3S. The molecule has 1 aromatic carbocycles. The van der Waals surface area contributed by atoms with Crippen LogP contribution in [0.2, 0.25) is 0 Å². The Hall–Kier alpha value is -3.72. The van der Waals surface area contributed by atoms with Crippen molar-refractivity contribution in [2.24, 2.45) is 5.73 Å². The number of aromatic nitrogens is 2. The SMILES string of the molecule is Cc1cc(-c2cc(C(=O)Nc3cccc(N(C)C(N)=O)c3)c3c(C)noc3n2)c(C)s1. The number of thiophene rings is 1. The van der Waals surface area contributed by atoms with Gasteiger partial charge in [0.15, 0.2) is 0 Å². The van der Waals surface area contributed by atoms with Gasteiger partial charge in [0, 0.05) is 33.7 Å². The van der Waals surface area contributed by atoms with Crippen molar-refractivity contribution in [3.05, 3.63) is 57.4 Å². The van der Waals surface area contributed by atoms with E-state index < -0.39 is 6.03 Å². The number of hydrogen-bond acceptors (Lipinski definition) is 6. The van der Waals surface area contributed by atoms with Crippen LogP contribution in [0.15, 0.2) is 40.9 Å². The van der Waals surface area contributed by atoms with Gasteiger partial charge in [-0.2, -0.15) is 0 Å². The third-order valence-corrected chi connectivity index (χ3v) is 5.97. The lowest BCUT2D eigenvalue weighted by molar-refractivity contribution is 0.102. The van der Waals surface area contributed by atoms with Crippen LogP contribution in [0.3, 0.4) is 0 Å². The largest absolute Gasteiger partial charge is 0.351 e. The predicted molar refractivity (Wildman–Crippen MR) is 122 cm³/mol. The van der Waals surface area contributed by atoms with Gasteiger partial charge >= 0.3 is 6.03 Å². The molecule has 4 rings (SSSR count). The van der Waals surface area contributed by atoms with Crippen molar-refractivity contribution in [2.75, 3.05) is 17.3 Å². The van der Waals surface area contributed by atoms with Gasteiger partial charge in [-0.25, -0.2) is 9.78 Å². The van der Waals surface area contributed by atoms with Crippen molar-refractivity contribution in [3.8, 4) is 11.3 Å². The van der Waals surface area contributed by atoms with Gasteiger partial charge in [0.1, 0.15) is 0 Å². The lowest BCUT2D eigenvalue weighted by Gasteiger charge is -2.15. The summed E-state index contributed by atoms with van der Waals surface area (Å²) in [4.78, 5) is 32.8. The number of amides is 3. The third-order valence-electron chi connectivity index (χ3n) is 5.00. The number of nitrogens with one attached hydrogen (secondary N) is 1. The molecule has 3 heterocycles. The highest BCUT2D eigenvalue weighted by molar-refractivity contribution is 7.12. The number of benzene rings is 1. The zero-order valence-corrected chi connectivity index (χ0v) is 18.3. The summed E-state index contributed by atoms with van der Waals surface area (Å²) in [6.07, 6.45) is 0. The molecule has 3 aromatic heterocycles. The summed E-state index contributed by atoms with van der Waals surface area (Å²) in [6.45, 7) is 5.82. The topological polar surface area (TPSA) is 114 Å². The van der Waals surface area contributed by atoms with Gasteiger partial charge in [0.25, 0.3) is 11.6 Å². The maximum Gasteiger partial charge on any atom is 0.318 e. The van der Waals surface area contributed by atoms with Gasteiger partial charge < -0.3 is 15.6 Å². The number of primary amides is 1. The van der Waals surface area contributed by atoms with E-state index in [0.717, 1.165) is 15.3 Å². The van der Waals surface area contributed by atoms with E-state index in [1.165, 1.54) is 4.90 Å². The van der Waals surface area contributed by atoms with Gasteiger partial charge in [0.2, 0.25) is 0 Å². The van der Waals surface area contributed by atoms with Crippen LogP contribution >= 0.6 is 11.3 Å². The van der Waals surface area contributed by atoms with Gasteiger partial charge in [-0.05, 0) is 51.1 Å². The first-order chi connectivity index (χ1) is 14.7. The highest BCUT2D eigenvalue weighted by Gasteiger charge is 2.21. The highest BCUT2D eigenvalue weighted by Crippen LogP contribution is 2.33. The highest BCUT2D eigenvalue weighted by atomic mass is 32.1. The fourth-order valence-electron chi connectivity index (χ4n) is 3.41. The second-order valence-electron chi connectivity index (χ2n) is 7.23. The molecule has 0 radical (unpaired) electrons. The first kappa shape index (κ1) is 20.5. The summed E-state index contributed by atoms with van der Waals surface area (Å²) >= 11 is 1.67. The van der Waals surface area contributed by atoms with E-state index in [9.17, 15) is 9.59 Å². The van der Waals surface area contributed by atoms with Crippen molar-refractivity contribution in [1.82, 2.24) is 10.1 Å². The molecule has 0 saturated heterocycles. The van der Waals surface area contributed by atoms with Crippen molar-refractivity contribution in [1.29, 1.82) is 0 Å². The molecule has 31 heavy (non-hydrogen) atoms. The van der Waals surface area contributed by atoms with E-state index in [0.29, 0.717) is 39.4 Å². The van der Waals surface area contributed by atoms with Gasteiger partial charge in [-0.15, -0.1) is 11.3 Å². The normalized spacial score (nSPS) is 11.0. The summed E-state index contributed by atoms with van der Waals surface area (Å²) in [7, 11) is 1.56. The van der Waals surface area contributed by atoms with E-state index in [2.05, 4.69) is 15.5 Å². The molecular weight excluding hydrogens is 414 g/mol. The number of fused-ring (bicyclic) bond motifs is 1. The Morgan fingerprint density at radius 3 is 2.61 bits per heavy atom. The summed E-state index contributed by atoms with van der Waals surface area (Å²) in [6, 6.07) is 10.1. The minimum Gasteiger partial charge on any atom is -0.351 e. The molecule has 0 unspecified atom stereocenters. The van der Waals surface area contributed by atoms with Crippen LogP contribution in [0, 0.1) is 20.8 Å². The van der Waals surface area contributed by atoms with Crippen LogP contribution in [0.5, 0.6) is 0 Å². The van der Waals surface area contributed by atoms with Gasteiger partial charge in [-0.3, -0.25) is 9.69 Å². The van der Waals surface area contributed by atoms with Crippen LogP contribution in [0.4, 0.5) is 16.2 Å². The van der Waals surface area contributed by atoms with E-state index >= 15 is 0 Å². The number of pyridine rings is 1. The molecule has 0 fully saturated rings. The second kappa shape index (κ2) is 7.84. The molecule has 0 bridgehead atoms. The first-order valence-corrected chi connectivity index (χ1v) is 10.3. The van der Waals surface area contributed by atoms with E-state index in [-0.39, 0.29) is 5.91 Å². The number of carbonyl (C=O) groups excluding carboxylic acids is 2.